The highest BCUT2D eigenvalue weighted by Gasteiger charge is 2.18. The molecule has 0 bridgehead atoms. The highest BCUT2D eigenvalue weighted by Crippen LogP contribution is 2.26. The fourth-order valence-electron chi connectivity index (χ4n) is 2.62. The zero-order chi connectivity index (χ0) is 22.5. The van der Waals surface area contributed by atoms with Gasteiger partial charge in [-0.3, -0.25) is 19.7 Å². The van der Waals surface area contributed by atoms with Gasteiger partial charge in [-0.1, -0.05) is 11.6 Å². The Balaban J connectivity index is 0.00000272. The van der Waals surface area contributed by atoms with E-state index in [1.165, 1.54) is 32.7 Å². The van der Waals surface area contributed by atoms with Crippen molar-refractivity contribution in [1.82, 2.24) is 20.5 Å². The number of carbonyl (C=O) groups excluding carboxylic acids is 2. The van der Waals surface area contributed by atoms with Crippen molar-refractivity contribution in [3.63, 3.8) is 0 Å². The maximum absolute atomic E-state index is 13.4. The highest BCUT2D eigenvalue weighted by atomic mass is 35.5. The summed E-state index contributed by atoms with van der Waals surface area (Å²) >= 11 is 5.78. The van der Waals surface area contributed by atoms with E-state index in [2.05, 4.69) is 25.8 Å². The monoisotopic (exact) mass is 523 g/mol. The number of anilines is 1. The van der Waals surface area contributed by atoms with E-state index >= 15 is 0 Å². The molecule has 0 spiro atoms. The van der Waals surface area contributed by atoms with Crippen molar-refractivity contribution in [3.8, 4) is 11.5 Å². The number of H-pyrrole nitrogens is 1. The smallest absolute Gasteiger partial charge is 0.269 e. The standard InChI is InChI=1S/C19H16ClF2N5O4.2ClH/c1-30-15-7-23-8-16(31-2)10(15)6-24-19(29)14-5-17(27-26-14)25-18(28)9-3-12(21)13(22)4-11(9)20;;/h3-5,7-8H,6H2,1-2H3,(H,24,29)(H2,25,26,27,28);2*1H. The van der Waals surface area contributed by atoms with Crippen molar-refractivity contribution >= 4 is 54.0 Å². The second kappa shape index (κ2) is 12.2. The number of ether oxygens (including phenoxy) is 2. The summed E-state index contributed by atoms with van der Waals surface area (Å²) in [6.07, 6.45) is 2.97. The molecule has 0 saturated heterocycles. The van der Waals surface area contributed by atoms with E-state index in [4.69, 9.17) is 21.1 Å². The molecular weight excluding hydrogens is 507 g/mol. The molecule has 178 valence electrons. The predicted octanol–water partition coefficient (Wildman–Crippen LogP) is 3.78. The second-order valence-electron chi connectivity index (χ2n) is 6.07. The van der Waals surface area contributed by atoms with E-state index in [0.29, 0.717) is 29.2 Å². The summed E-state index contributed by atoms with van der Waals surface area (Å²) in [5.41, 5.74) is 0.333. The summed E-state index contributed by atoms with van der Waals surface area (Å²) in [5.74, 6) is -2.91. The molecule has 3 rings (SSSR count). The van der Waals surface area contributed by atoms with Gasteiger partial charge in [0.1, 0.15) is 17.2 Å². The van der Waals surface area contributed by atoms with Crippen LogP contribution in [0.5, 0.6) is 11.5 Å². The topological polar surface area (TPSA) is 118 Å². The molecule has 3 N–H and O–H groups in total. The van der Waals surface area contributed by atoms with Crippen molar-refractivity contribution in [2.24, 2.45) is 0 Å². The van der Waals surface area contributed by atoms with Crippen LogP contribution >= 0.6 is 36.4 Å². The summed E-state index contributed by atoms with van der Waals surface area (Å²) < 4.78 is 37.0. The van der Waals surface area contributed by atoms with Gasteiger partial charge in [-0.2, -0.15) is 5.10 Å². The Labute approximate surface area is 204 Å². The van der Waals surface area contributed by atoms with Crippen LogP contribution in [0.1, 0.15) is 26.4 Å². The minimum absolute atomic E-state index is 0. The van der Waals surface area contributed by atoms with Crippen molar-refractivity contribution in [1.29, 1.82) is 0 Å². The minimum Gasteiger partial charge on any atom is -0.495 e. The van der Waals surface area contributed by atoms with Gasteiger partial charge in [-0.05, 0) is 12.1 Å². The maximum atomic E-state index is 13.4. The first-order valence-corrected chi connectivity index (χ1v) is 9.06. The first kappa shape index (κ1) is 27.9. The number of benzene rings is 1. The van der Waals surface area contributed by atoms with E-state index in [1.54, 1.807) is 0 Å². The normalized spacial score (nSPS) is 9.85. The van der Waals surface area contributed by atoms with Crippen LogP contribution < -0.4 is 20.1 Å². The van der Waals surface area contributed by atoms with Gasteiger partial charge in [-0.25, -0.2) is 8.78 Å². The molecule has 3 aromatic rings. The number of methoxy groups -OCH3 is 2. The van der Waals surface area contributed by atoms with Gasteiger partial charge in [0.05, 0.1) is 49.3 Å². The number of pyridine rings is 1. The number of carbonyl (C=O) groups is 2. The number of nitrogens with one attached hydrogen (secondary N) is 3. The third-order valence-corrected chi connectivity index (χ3v) is 4.48. The van der Waals surface area contributed by atoms with Crippen LogP contribution in [0.2, 0.25) is 5.02 Å². The lowest BCUT2D eigenvalue weighted by atomic mass is 10.2. The van der Waals surface area contributed by atoms with Crippen LogP contribution in [0.4, 0.5) is 14.6 Å². The molecule has 0 fully saturated rings. The number of hydrogen-bond acceptors (Lipinski definition) is 6. The maximum Gasteiger partial charge on any atom is 0.269 e. The lowest BCUT2D eigenvalue weighted by molar-refractivity contribution is 0.0944. The molecule has 2 heterocycles. The van der Waals surface area contributed by atoms with E-state index in [9.17, 15) is 18.4 Å². The Kier molecular flexibility index (Phi) is 10.3. The van der Waals surface area contributed by atoms with Crippen molar-refractivity contribution in [3.05, 3.63) is 64.1 Å². The third-order valence-electron chi connectivity index (χ3n) is 4.16. The Morgan fingerprint density at radius 1 is 1.03 bits per heavy atom. The molecule has 0 radical (unpaired) electrons. The van der Waals surface area contributed by atoms with E-state index in [1.807, 2.05) is 0 Å². The lowest BCUT2D eigenvalue weighted by Crippen LogP contribution is -2.23. The molecule has 0 aliphatic carbocycles. The zero-order valence-electron chi connectivity index (χ0n) is 17.1. The molecule has 0 atom stereocenters. The summed E-state index contributed by atoms with van der Waals surface area (Å²) in [6, 6.07) is 2.63. The van der Waals surface area contributed by atoms with Gasteiger partial charge >= 0.3 is 0 Å². The van der Waals surface area contributed by atoms with E-state index in [-0.39, 0.29) is 53.5 Å². The highest BCUT2D eigenvalue weighted by molar-refractivity contribution is 6.34. The molecule has 0 aliphatic heterocycles. The quantitative estimate of drug-likeness (QED) is 0.405. The number of aromatic amines is 1. The van der Waals surface area contributed by atoms with Gasteiger partial charge in [0.25, 0.3) is 11.8 Å². The van der Waals surface area contributed by atoms with Crippen LogP contribution in [0.3, 0.4) is 0 Å². The van der Waals surface area contributed by atoms with Crippen LogP contribution in [0.25, 0.3) is 0 Å². The number of rotatable bonds is 7. The fraction of sp³-hybridized carbons (Fsp3) is 0.158. The summed E-state index contributed by atoms with van der Waals surface area (Å²) in [7, 11) is 2.93. The van der Waals surface area contributed by atoms with Gasteiger partial charge < -0.3 is 20.1 Å². The summed E-state index contributed by atoms with van der Waals surface area (Å²) in [5, 5.41) is 11.0. The Hall–Kier alpha value is -3.15. The number of hydrogen-bond donors (Lipinski definition) is 3. The molecule has 14 heteroatoms. The van der Waals surface area contributed by atoms with Crippen LogP contribution in [0.15, 0.2) is 30.6 Å². The Bertz CT molecular complexity index is 1120. The molecule has 1 aromatic carbocycles. The summed E-state index contributed by atoms with van der Waals surface area (Å²) in [6.45, 7) is 0.0683. The minimum atomic E-state index is -1.22. The van der Waals surface area contributed by atoms with Gasteiger partial charge in [0, 0.05) is 6.07 Å². The number of halogens is 5. The molecule has 0 saturated carbocycles. The largest absolute Gasteiger partial charge is 0.495 e. The van der Waals surface area contributed by atoms with Crippen molar-refractivity contribution in [2.75, 3.05) is 19.5 Å². The fourth-order valence-corrected chi connectivity index (χ4v) is 2.86. The predicted molar refractivity (Wildman–Crippen MR) is 121 cm³/mol. The van der Waals surface area contributed by atoms with Crippen molar-refractivity contribution < 1.29 is 27.8 Å². The van der Waals surface area contributed by atoms with Gasteiger partial charge in [-0.15, -0.1) is 24.8 Å². The molecule has 0 unspecified atom stereocenters. The Morgan fingerprint density at radius 3 is 2.24 bits per heavy atom. The van der Waals surface area contributed by atoms with Crippen LogP contribution in [-0.2, 0) is 6.54 Å². The molecule has 33 heavy (non-hydrogen) atoms. The lowest BCUT2D eigenvalue weighted by Gasteiger charge is -2.12. The molecule has 0 aliphatic rings. The van der Waals surface area contributed by atoms with Crippen LogP contribution in [0, 0.1) is 11.6 Å². The number of aromatic nitrogens is 3. The number of amides is 2. The molecule has 2 aromatic heterocycles. The average molecular weight is 525 g/mol. The zero-order valence-corrected chi connectivity index (χ0v) is 19.5. The average Bonchev–Trinajstić information content (AvgIpc) is 3.22. The first-order valence-electron chi connectivity index (χ1n) is 8.68. The van der Waals surface area contributed by atoms with Crippen LogP contribution in [-0.4, -0.2) is 41.2 Å². The third kappa shape index (κ3) is 6.44. The first-order chi connectivity index (χ1) is 14.8. The van der Waals surface area contributed by atoms with E-state index < -0.39 is 23.4 Å². The van der Waals surface area contributed by atoms with Gasteiger partial charge in [0.15, 0.2) is 17.5 Å². The molecular formula is C19H18Cl3F2N5O4. The molecule has 9 nitrogen and oxygen atoms in total. The second-order valence-corrected chi connectivity index (χ2v) is 6.48. The molecule has 2 amide bonds. The van der Waals surface area contributed by atoms with Gasteiger partial charge in [0.2, 0.25) is 0 Å². The Morgan fingerprint density at radius 2 is 1.64 bits per heavy atom. The van der Waals surface area contributed by atoms with E-state index in [0.717, 1.165) is 0 Å². The SMILES string of the molecule is COc1cncc(OC)c1CNC(=O)c1cc(NC(=O)c2cc(F)c(F)cc2Cl)n[nH]1.Cl.Cl. The van der Waals surface area contributed by atoms with Crippen molar-refractivity contribution in [2.45, 2.75) is 6.54 Å². The summed E-state index contributed by atoms with van der Waals surface area (Å²) in [4.78, 5) is 28.6. The number of nitrogens with zero attached hydrogens (tertiary/aromatic N) is 2.